The number of para-hydroxylation sites is 1. The highest BCUT2D eigenvalue weighted by atomic mass is 79.9. The predicted octanol–water partition coefficient (Wildman–Crippen LogP) is 7.16. The number of hydrogen-bond acceptors (Lipinski definition) is 5. The number of halogens is 2. The molecule has 0 aliphatic heterocycles. The summed E-state index contributed by atoms with van der Waals surface area (Å²) in [6.07, 6.45) is 3.16. The van der Waals surface area contributed by atoms with Crippen molar-refractivity contribution in [2.24, 2.45) is 0 Å². The Morgan fingerprint density at radius 1 is 1.06 bits per heavy atom. The van der Waals surface area contributed by atoms with E-state index in [2.05, 4.69) is 37.2 Å². The second kappa shape index (κ2) is 9.85. The van der Waals surface area contributed by atoms with Crippen LogP contribution in [-0.4, -0.2) is 25.1 Å². The van der Waals surface area contributed by atoms with Gasteiger partial charge in [0.15, 0.2) is 0 Å². The van der Waals surface area contributed by atoms with E-state index in [1.807, 2.05) is 54.6 Å². The lowest BCUT2D eigenvalue weighted by Crippen LogP contribution is -2.09. The number of hydrogen-bond donors (Lipinski definition) is 1. The summed E-state index contributed by atoms with van der Waals surface area (Å²) < 4.78 is 13.6. The number of nitrogens with zero attached hydrogens (tertiary/aromatic N) is 1. The number of methoxy groups -OCH3 is 2. The number of anilines is 1. The maximum absolute atomic E-state index is 12.7. The molecular weight excluding hydrogens is 556 g/mol. The van der Waals surface area contributed by atoms with Crippen molar-refractivity contribution < 1.29 is 14.3 Å². The fourth-order valence-electron chi connectivity index (χ4n) is 3.19. The van der Waals surface area contributed by atoms with Crippen molar-refractivity contribution in [3.8, 4) is 22.1 Å². The second-order valence-corrected chi connectivity index (χ2v) is 9.54. The zero-order chi connectivity index (χ0) is 22.7. The number of rotatable bonds is 6. The predicted molar refractivity (Wildman–Crippen MR) is 138 cm³/mol. The molecule has 0 aliphatic carbocycles. The van der Waals surface area contributed by atoms with Crippen LogP contribution >= 0.6 is 43.2 Å². The third-order valence-electron chi connectivity index (χ3n) is 4.65. The van der Waals surface area contributed by atoms with Crippen molar-refractivity contribution in [1.82, 2.24) is 4.98 Å². The van der Waals surface area contributed by atoms with Crippen LogP contribution in [0.1, 0.15) is 5.56 Å². The van der Waals surface area contributed by atoms with Crippen molar-refractivity contribution in [3.63, 3.8) is 0 Å². The van der Waals surface area contributed by atoms with Crippen molar-refractivity contribution in [1.29, 1.82) is 0 Å². The molecule has 0 bridgehead atoms. The van der Waals surface area contributed by atoms with E-state index in [1.165, 1.54) is 6.08 Å². The van der Waals surface area contributed by atoms with Crippen LogP contribution in [0.4, 0.5) is 5.69 Å². The highest BCUT2D eigenvalue weighted by Crippen LogP contribution is 2.35. The van der Waals surface area contributed by atoms with Crippen LogP contribution in [0.25, 0.3) is 26.9 Å². The Balaban J connectivity index is 1.60. The van der Waals surface area contributed by atoms with E-state index in [9.17, 15) is 4.79 Å². The average molecular weight is 574 g/mol. The van der Waals surface area contributed by atoms with E-state index in [1.54, 1.807) is 31.6 Å². The molecule has 0 fully saturated rings. The summed E-state index contributed by atoms with van der Waals surface area (Å²) in [5, 5.41) is 3.78. The van der Waals surface area contributed by atoms with Gasteiger partial charge < -0.3 is 14.8 Å². The van der Waals surface area contributed by atoms with Crippen LogP contribution in [0.3, 0.4) is 0 Å². The standard InChI is InChI=1S/C24H18Br2N2O3S/c1-30-20-9-7-15(24-28-18-5-3-4-6-21(18)32-24)12-19(20)27-22(29)10-8-14-11-16(25)13-17(26)23(14)31-2/h3-13H,1-2H3,(H,27,29)/b10-8+. The minimum atomic E-state index is -0.289. The molecule has 1 aromatic heterocycles. The Hall–Kier alpha value is -2.68. The summed E-state index contributed by atoms with van der Waals surface area (Å²) in [7, 11) is 3.16. The molecule has 0 radical (unpaired) electrons. The number of ether oxygens (including phenoxy) is 2. The molecule has 0 aliphatic rings. The molecule has 0 atom stereocenters. The van der Waals surface area contributed by atoms with Gasteiger partial charge in [-0.2, -0.15) is 0 Å². The van der Waals surface area contributed by atoms with E-state index in [-0.39, 0.29) is 5.91 Å². The zero-order valence-corrected chi connectivity index (χ0v) is 21.2. The molecule has 0 spiro atoms. The van der Waals surface area contributed by atoms with Crippen LogP contribution < -0.4 is 14.8 Å². The molecule has 162 valence electrons. The lowest BCUT2D eigenvalue weighted by molar-refractivity contribution is -0.111. The summed E-state index contributed by atoms with van der Waals surface area (Å²) in [6, 6.07) is 17.4. The molecule has 5 nitrogen and oxygen atoms in total. The van der Waals surface area contributed by atoms with Crippen molar-refractivity contribution >= 4 is 71.1 Å². The molecule has 1 heterocycles. The zero-order valence-electron chi connectivity index (χ0n) is 17.2. The Bertz CT molecular complexity index is 1300. The summed E-state index contributed by atoms with van der Waals surface area (Å²) in [6.45, 7) is 0. The third kappa shape index (κ3) is 4.87. The van der Waals surface area contributed by atoms with Gasteiger partial charge >= 0.3 is 0 Å². The largest absolute Gasteiger partial charge is 0.495 e. The molecular formula is C24H18Br2N2O3S. The topological polar surface area (TPSA) is 60.5 Å². The van der Waals surface area contributed by atoms with Crippen LogP contribution in [0.15, 0.2) is 69.6 Å². The maximum Gasteiger partial charge on any atom is 0.248 e. The molecule has 32 heavy (non-hydrogen) atoms. The second-order valence-electron chi connectivity index (χ2n) is 6.73. The number of aromatic nitrogens is 1. The molecule has 0 unspecified atom stereocenters. The molecule has 4 aromatic rings. The van der Waals surface area contributed by atoms with E-state index < -0.39 is 0 Å². The number of amides is 1. The fraction of sp³-hybridized carbons (Fsp3) is 0.0833. The van der Waals surface area contributed by atoms with Gasteiger partial charge in [0, 0.05) is 21.7 Å². The van der Waals surface area contributed by atoms with E-state index in [0.717, 1.165) is 35.3 Å². The van der Waals surface area contributed by atoms with E-state index in [0.29, 0.717) is 17.2 Å². The number of thiazole rings is 1. The van der Waals surface area contributed by atoms with Gasteiger partial charge in [-0.3, -0.25) is 4.79 Å². The van der Waals surface area contributed by atoms with Gasteiger partial charge in [0.2, 0.25) is 5.91 Å². The number of fused-ring (bicyclic) bond motifs is 1. The first-order chi connectivity index (χ1) is 15.5. The fourth-order valence-corrected chi connectivity index (χ4v) is 5.58. The Morgan fingerprint density at radius 2 is 1.88 bits per heavy atom. The first kappa shape index (κ1) is 22.5. The van der Waals surface area contributed by atoms with Crippen LogP contribution in [0, 0.1) is 0 Å². The summed E-state index contributed by atoms with van der Waals surface area (Å²) in [5.41, 5.74) is 3.19. The van der Waals surface area contributed by atoms with Gasteiger partial charge in [0.25, 0.3) is 0 Å². The van der Waals surface area contributed by atoms with Gasteiger partial charge in [-0.25, -0.2) is 4.98 Å². The molecule has 1 N–H and O–H groups in total. The van der Waals surface area contributed by atoms with Crippen molar-refractivity contribution in [2.75, 3.05) is 19.5 Å². The minimum Gasteiger partial charge on any atom is -0.495 e. The highest BCUT2D eigenvalue weighted by molar-refractivity contribution is 9.11. The summed E-state index contributed by atoms with van der Waals surface area (Å²) in [5.74, 6) is 0.926. The van der Waals surface area contributed by atoms with Crippen molar-refractivity contribution in [2.45, 2.75) is 0 Å². The SMILES string of the molecule is COc1ccc(-c2nc3ccccc3s2)cc1NC(=O)/C=C/c1cc(Br)cc(Br)c1OC. The smallest absolute Gasteiger partial charge is 0.248 e. The van der Waals surface area contributed by atoms with Crippen molar-refractivity contribution in [3.05, 3.63) is 75.2 Å². The Labute approximate surface area is 206 Å². The average Bonchev–Trinajstić information content (AvgIpc) is 3.22. The third-order valence-corrected chi connectivity index (χ3v) is 6.79. The molecule has 4 rings (SSSR count). The van der Waals surface area contributed by atoms with Gasteiger partial charge in [0.05, 0.1) is 34.6 Å². The number of nitrogens with one attached hydrogen (secondary N) is 1. The lowest BCUT2D eigenvalue weighted by atomic mass is 10.1. The van der Waals surface area contributed by atoms with E-state index in [4.69, 9.17) is 14.5 Å². The quantitative estimate of drug-likeness (QED) is 0.249. The number of benzene rings is 3. The van der Waals surface area contributed by atoms with E-state index >= 15 is 0 Å². The van der Waals surface area contributed by atoms with Gasteiger partial charge in [-0.15, -0.1) is 11.3 Å². The number of carbonyl (C=O) groups excluding carboxylic acids is 1. The maximum atomic E-state index is 12.7. The lowest BCUT2D eigenvalue weighted by Gasteiger charge is -2.11. The highest BCUT2D eigenvalue weighted by Gasteiger charge is 2.12. The minimum absolute atomic E-state index is 0.289. The first-order valence-corrected chi connectivity index (χ1v) is 11.9. The normalized spacial score (nSPS) is 11.1. The Morgan fingerprint density at radius 3 is 2.62 bits per heavy atom. The monoisotopic (exact) mass is 572 g/mol. The summed E-state index contributed by atoms with van der Waals surface area (Å²) >= 11 is 8.53. The van der Waals surface area contributed by atoms with Gasteiger partial charge in [-0.05, 0) is 64.5 Å². The molecule has 0 saturated heterocycles. The van der Waals surface area contributed by atoms with Gasteiger partial charge in [0.1, 0.15) is 16.5 Å². The van der Waals surface area contributed by atoms with Crippen LogP contribution in [0.5, 0.6) is 11.5 Å². The molecule has 1 amide bonds. The molecule has 8 heteroatoms. The van der Waals surface area contributed by atoms with Crippen LogP contribution in [0.2, 0.25) is 0 Å². The number of carbonyl (C=O) groups is 1. The first-order valence-electron chi connectivity index (χ1n) is 9.54. The Kier molecular flexibility index (Phi) is 6.93. The molecule has 0 saturated carbocycles. The summed E-state index contributed by atoms with van der Waals surface area (Å²) in [4.78, 5) is 17.4. The molecule has 3 aromatic carbocycles. The van der Waals surface area contributed by atoms with Crippen LogP contribution in [-0.2, 0) is 4.79 Å². The van der Waals surface area contributed by atoms with Gasteiger partial charge in [-0.1, -0.05) is 28.1 Å².